The number of hydrogen-bond acceptors (Lipinski definition) is 1. The molecule has 2 heterocycles. The van der Waals surface area contributed by atoms with Crippen molar-refractivity contribution in [1.29, 1.82) is 0 Å². The van der Waals surface area contributed by atoms with Gasteiger partial charge in [0.15, 0.2) is 0 Å². The van der Waals surface area contributed by atoms with Gasteiger partial charge in [0.05, 0.1) is 0 Å². The van der Waals surface area contributed by atoms with Crippen LogP contribution in [-0.2, 0) is 16.4 Å². The molecule has 0 atom stereocenters. The van der Waals surface area contributed by atoms with Gasteiger partial charge in [0.25, 0.3) is 11.7 Å². The Hall–Kier alpha value is -7.72. The summed E-state index contributed by atoms with van der Waals surface area (Å²) in [5, 5.41) is 72.5. The third-order valence-corrected chi connectivity index (χ3v) is 22.8. The summed E-state index contributed by atoms with van der Waals surface area (Å²) in [5.41, 5.74) is 2.54. The van der Waals surface area contributed by atoms with Crippen molar-refractivity contribution in [3.05, 3.63) is 22.3 Å². The topological polar surface area (TPSA) is 9.23 Å². The van der Waals surface area contributed by atoms with Gasteiger partial charge in [0, 0.05) is 65.3 Å². The molecule has 2 bridgehead atoms. The van der Waals surface area contributed by atoms with Crippen molar-refractivity contribution in [1.82, 2.24) is 0 Å². The average molecular weight is 775 g/mol. The zero-order valence-electron chi connectivity index (χ0n) is 31.2. The maximum atomic E-state index is 20.7. The fourth-order valence-corrected chi connectivity index (χ4v) is 22.7. The lowest BCUT2D eigenvalue weighted by molar-refractivity contribution is -0.241. The molecule has 3 heteroatoms. The van der Waals surface area contributed by atoms with Crippen LogP contribution in [0.4, 0.5) is 8.78 Å². The van der Waals surface area contributed by atoms with E-state index in [-0.39, 0.29) is 0 Å². The largest absolute Gasteiger partial charge is 0.293 e. The van der Waals surface area contributed by atoms with Gasteiger partial charge in [0.2, 0.25) is 0 Å². The van der Waals surface area contributed by atoms with E-state index in [1.807, 2.05) is 0 Å². The van der Waals surface area contributed by atoms with Crippen LogP contribution in [-0.4, -0.2) is 0 Å². The molecule has 28 aromatic carbocycles. The Morgan fingerprint density at radius 1 is 0.143 bits per heavy atom. The number of alkyl halides is 2. The van der Waals surface area contributed by atoms with Crippen LogP contribution < -0.4 is 0 Å². The quantitative estimate of drug-likeness (QED) is 0.139. The third-order valence-electron chi connectivity index (χ3n) is 22.8. The van der Waals surface area contributed by atoms with E-state index in [0.29, 0.717) is 22.3 Å². The fraction of sp³-hybridized carbons (Fsp3) is 0.0333. The van der Waals surface area contributed by atoms with E-state index in [4.69, 9.17) is 4.74 Å². The summed E-state index contributed by atoms with van der Waals surface area (Å²) in [6.45, 7) is 0. The van der Waals surface area contributed by atoms with Gasteiger partial charge >= 0.3 is 0 Å². The van der Waals surface area contributed by atoms with Crippen molar-refractivity contribution in [2.75, 3.05) is 0 Å². The molecule has 32 rings (SSSR count). The molecule has 0 amide bonds. The molecular weight excluding hydrogens is 775 g/mol. The van der Waals surface area contributed by atoms with Crippen molar-refractivity contribution < 1.29 is 13.5 Å². The van der Waals surface area contributed by atoms with Gasteiger partial charge in [-0.25, -0.2) is 8.78 Å². The van der Waals surface area contributed by atoms with E-state index < -0.39 is 11.7 Å². The van der Waals surface area contributed by atoms with Crippen molar-refractivity contribution in [3.8, 4) is 0 Å². The maximum Gasteiger partial charge on any atom is 0.267 e. The van der Waals surface area contributed by atoms with E-state index in [1.54, 1.807) is 10.8 Å². The van der Waals surface area contributed by atoms with Gasteiger partial charge in [-0.2, -0.15) is 0 Å². The number of halogens is 2. The number of ether oxygens (including phenoxy) is 1. The first-order valence-electron chi connectivity index (χ1n) is 23.0. The zero-order chi connectivity index (χ0) is 37.2. The molecule has 0 saturated heterocycles. The summed E-state index contributed by atoms with van der Waals surface area (Å²) in [5.74, 6) is -4.95. The molecule has 4 aliphatic rings. The van der Waals surface area contributed by atoms with E-state index in [2.05, 4.69) is 0 Å². The summed E-state index contributed by atoms with van der Waals surface area (Å²) < 4.78 is 48.6. The highest BCUT2D eigenvalue weighted by Gasteiger charge is 2.64. The average Bonchev–Trinajstić information content (AvgIpc) is 4.13. The lowest BCUT2D eigenvalue weighted by Gasteiger charge is -2.31. The minimum absolute atomic E-state index is 0.636. The molecule has 0 aromatic heterocycles. The highest BCUT2D eigenvalue weighted by Crippen LogP contribution is 2.82. The first kappa shape index (κ1) is 22.4. The standard InChI is InChI=1S/C60F2O/c61-59-55-47-39-29-19-11-3-1-2-5-9-7(3)15-23-17(9)27-21-13(5)14-6(2)10-8-4(1)12(11)20-26-16(8)24-18(10)28-22(14)32-31(21)41-35(27)45-37(23)43(33(39)25(15)19)51(55)53(45)57-49(41)50-42(32)36(28)46-38(24)44-34(26)40(30(20)29)48(47)56(59)52(44)54(46)58(50)60(57,62)63-59. The van der Waals surface area contributed by atoms with Crippen LogP contribution in [0.1, 0.15) is 22.3 Å². The minimum atomic E-state index is -2.47. The van der Waals surface area contributed by atoms with Gasteiger partial charge in [0.1, 0.15) is 0 Å². The Morgan fingerprint density at radius 2 is 0.222 bits per heavy atom. The van der Waals surface area contributed by atoms with Crippen LogP contribution in [0.5, 0.6) is 0 Å². The molecule has 2 aliphatic carbocycles. The van der Waals surface area contributed by atoms with Crippen LogP contribution in [0, 0.1) is 0 Å². The van der Waals surface area contributed by atoms with E-state index in [9.17, 15) is 0 Å². The lowest BCUT2D eigenvalue weighted by Crippen LogP contribution is -2.33. The van der Waals surface area contributed by atoms with Crippen LogP contribution in [0.3, 0.4) is 0 Å². The molecule has 260 valence electrons. The molecule has 0 N–H and O–H groups in total. The van der Waals surface area contributed by atoms with Crippen molar-refractivity contribution in [2.24, 2.45) is 0 Å². The second kappa shape index (κ2) is 4.79. The summed E-state index contributed by atoms with van der Waals surface area (Å²) in [6, 6.07) is 0. The Morgan fingerprint density at radius 3 is 0.317 bits per heavy atom. The van der Waals surface area contributed by atoms with Gasteiger partial charge < -0.3 is 0 Å². The van der Waals surface area contributed by atoms with Gasteiger partial charge in [-0.1, -0.05) is 0 Å². The first-order valence-corrected chi connectivity index (χ1v) is 23.0. The van der Waals surface area contributed by atoms with Gasteiger partial charge in [-0.3, -0.25) is 4.74 Å². The third kappa shape index (κ3) is 1.13. The first-order chi connectivity index (χ1) is 31.2. The minimum Gasteiger partial charge on any atom is -0.293 e. The van der Waals surface area contributed by atoms with E-state index in [0.717, 1.165) is 43.1 Å². The van der Waals surface area contributed by atoms with Crippen LogP contribution in [0.15, 0.2) is 0 Å². The number of benzene rings is 18. The molecule has 0 fully saturated rings. The highest BCUT2D eigenvalue weighted by atomic mass is 19.2. The van der Waals surface area contributed by atoms with Crippen LogP contribution >= 0.6 is 0 Å². The summed E-state index contributed by atoms with van der Waals surface area (Å²) in [7, 11) is 0. The monoisotopic (exact) mass is 774 g/mol. The fourth-order valence-electron chi connectivity index (χ4n) is 22.7. The lowest BCUT2D eigenvalue weighted by atomic mass is 9.88. The molecule has 0 spiro atoms. The van der Waals surface area contributed by atoms with Crippen LogP contribution in [0.2, 0.25) is 0 Å². The van der Waals surface area contributed by atoms with Crippen molar-refractivity contribution in [2.45, 2.75) is 11.7 Å². The molecule has 28 aromatic rings. The van der Waals surface area contributed by atoms with E-state index in [1.165, 1.54) is 237 Å². The van der Waals surface area contributed by atoms with Gasteiger partial charge in [-0.05, 0) is 248 Å². The molecule has 2 aliphatic heterocycles. The highest BCUT2D eigenvalue weighted by molar-refractivity contribution is 6.82. The molecule has 0 unspecified atom stereocenters. The Balaban J connectivity index is 1.32. The van der Waals surface area contributed by atoms with Crippen molar-refractivity contribution >= 4 is 291 Å². The normalized spacial score (nSPS) is 23.1. The maximum absolute atomic E-state index is 20.7. The molecule has 1 nitrogen and oxygen atoms in total. The molecule has 0 saturated carbocycles. The number of rotatable bonds is 0. The summed E-state index contributed by atoms with van der Waals surface area (Å²) in [6.07, 6.45) is 0. The SMILES string of the molecule is FC12OC3(F)c4c5c6c1c1c7c2c2c8c3c3c4c4c9c5c5c6c6c1c1c%10c7c7c2c2c8c8c3c3c4c4c9c9c5c5c6c1c1c6c%10c7c7c2c2c8c3c3c4c4c9c5c1c1c6c7c2c3c41. The smallest absolute Gasteiger partial charge is 0.267 e. The zero-order valence-corrected chi connectivity index (χ0v) is 31.2. The van der Waals surface area contributed by atoms with Crippen molar-refractivity contribution in [3.63, 3.8) is 0 Å². The van der Waals surface area contributed by atoms with Gasteiger partial charge in [-0.15, -0.1) is 0 Å². The Labute approximate surface area is 336 Å². The molecule has 0 radical (unpaired) electrons. The second-order valence-corrected chi connectivity index (χ2v) is 23.0. The predicted molar refractivity (Wildman–Crippen MR) is 257 cm³/mol. The van der Waals surface area contributed by atoms with Crippen LogP contribution in [0.25, 0.3) is 291 Å². The Bertz CT molecular complexity index is 6320. The molecular formula is C60F2O. The second-order valence-electron chi connectivity index (χ2n) is 23.0. The predicted octanol–water partition coefficient (Wildman–Crippen LogP) is 17.1. The Kier molecular flexibility index (Phi) is 1.70. The summed E-state index contributed by atoms with van der Waals surface area (Å²) in [4.78, 5) is 0. The molecule has 63 heavy (non-hydrogen) atoms. The number of hydrogen-bond donors (Lipinski definition) is 0. The summed E-state index contributed by atoms with van der Waals surface area (Å²) >= 11 is 0. The van der Waals surface area contributed by atoms with E-state index >= 15 is 8.78 Å².